The molecule has 0 aliphatic carbocycles. The molecule has 1 aromatic rings. The molecule has 1 aromatic carbocycles. The van der Waals surface area contributed by atoms with Gasteiger partial charge in [0.25, 0.3) is 0 Å². The van der Waals surface area contributed by atoms with Gasteiger partial charge in [-0.3, -0.25) is 0 Å². The summed E-state index contributed by atoms with van der Waals surface area (Å²) in [5.41, 5.74) is 0.463. The molecule has 6 heteroatoms. The van der Waals surface area contributed by atoms with E-state index in [1.807, 2.05) is 0 Å². The van der Waals surface area contributed by atoms with Crippen LogP contribution in [0.1, 0.15) is 5.56 Å². The number of hydrogen-bond donors (Lipinski definition) is 1. The Morgan fingerprint density at radius 2 is 2.00 bits per heavy atom. The zero-order valence-corrected chi connectivity index (χ0v) is 10.0. The van der Waals surface area contributed by atoms with Crippen molar-refractivity contribution >= 4 is 0 Å². The molecule has 0 saturated heterocycles. The molecule has 1 rings (SSSR count). The number of halogens is 2. The second-order valence-corrected chi connectivity index (χ2v) is 3.50. The summed E-state index contributed by atoms with van der Waals surface area (Å²) in [4.78, 5) is 0. The van der Waals surface area contributed by atoms with Crippen molar-refractivity contribution in [2.75, 3.05) is 26.9 Å². The van der Waals surface area contributed by atoms with E-state index >= 15 is 0 Å². The van der Waals surface area contributed by atoms with Crippen LogP contribution in [-0.2, 0) is 11.3 Å². The predicted octanol–water partition coefficient (Wildman–Crippen LogP) is 1.60. The Bertz CT molecular complexity index is 410. The minimum atomic E-state index is -0.811. The quantitative estimate of drug-likeness (QED) is 0.753. The first-order valence-corrected chi connectivity index (χ1v) is 5.36. The Kier molecular flexibility index (Phi) is 6.05. The van der Waals surface area contributed by atoms with Crippen LogP contribution in [-0.4, -0.2) is 26.9 Å². The van der Waals surface area contributed by atoms with Gasteiger partial charge < -0.3 is 14.8 Å². The van der Waals surface area contributed by atoms with Crippen molar-refractivity contribution in [2.45, 2.75) is 6.54 Å². The Labute approximate surface area is 104 Å². The Morgan fingerprint density at radius 3 is 2.56 bits per heavy atom. The number of hydrogen-bond acceptors (Lipinski definition) is 4. The molecule has 1 N–H and O–H groups in total. The SMILES string of the molecule is COCCNCc1cc(F)c(OCC#N)c(F)c1. The molecule has 0 atom stereocenters. The molecule has 0 heterocycles. The molecule has 0 spiro atoms. The van der Waals surface area contributed by atoms with Crippen molar-refractivity contribution in [2.24, 2.45) is 0 Å². The van der Waals surface area contributed by atoms with Gasteiger partial charge in [0.15, 0.2) is 24.0 Å². The van der Waals surface area contributed by atoms with Crippen LogP contribution in [0.3, 0.4) is 0 Å². The molecule has 0 bridgehead atoms. The maximum atomic E-state index is 13.5. The summed E-state index contributed by atoms with van der Waals surface area (Å²) < 4.78 is 36.5. The number of benzene rings is 1. The van der Waals surface area contributed by atoms with Crippen LogP contribution in [0, 0.1) is 23.0 Å². The average molecular weight is 256 g/mol. The predicted molar refractivity (Wildman–Crippen MR) is 61.0 cm³/mol. The summed E-state index contributed by atoms with van der Waals surface area (Å²) in [5.74, 6) is -2.14. The van der Waals surface area contributed by atoms with Crippen LogP contribution in [0.15, 0.2) is 12.1 Å². The van der Waals surface area contributed by atoms with Gasteiger partial charge in [-0.25, -0.2) is 8.78 Å². The molecular formula is C12H14F2N2O2. The number of rotatable bonds is 7. The lowest BCUT2D eigenvalue weighted by Crippen LogP contribution is -2.18. The third-order valence-corrected chi connectivity index (χ3v) is 2.15. The zero-order valence-electron chi connectivity index (χ0n) is 10.0. The highest BCUT2D eigenvalue weighted by atomic mass is 19.1. The fraction of sp³-hybridized carbons (Fsp3) is 0.417. The van der Waals surface area contributed by atoms with E-state index in [-0.39, 0.29) is 6.61 Å². The topological polar surface area (TPSA) is 54.3 Å². The van der Waals surface area contributed by atoms with Crippen LogP contribution in [0.5, 0.6) is 5.75 Å². The van der Waals surface area contributed by atoms with Crippen molar-refractivity contribution in [3.63, 3.8) is 0 Å². The Hall–Kier alpha value is -1.71. The fourth-order valence-electron chi connectivity index (χ4n) is 1.36. The summed E-state index contributed by atoms with van der Waals surface area (Å²) in [7, 11) is 1.57. The molecule has 4 nitrogen and oxygen atoms in total. The van der Waals surface area contributed by atoms with Crippen LogP contribution in [0.2, 0.25) is 0 Å². The van der Waals surface area contributed by atoms with E-state index in [1.165, 1.54) is 12.1 Å². The summed E-state index contributed by atoms with van der Waals surface area (Å²) in [5, 5.41) is 11.3. The van der Waals surface area contributed by atoms with Gasteiger partial charge in [0.1, 0.15) is 6.07 Å². The Morgan fingerprint density at radius 1 is 1.33 bits per heavy atom. The van der Waals surface area contributed by atoms with Gasteiger partial charge in [0, 0.05) is 20.2 Å². The normalized spacial score (nSPS) is 10.1. The van der Waals surface area contributed by atoms with Crippen LogP contribution >= 0.6 is 0 Å². The molecule has 18 heavy (non-hydrogen) atoms. The van der Waals surface area contributed by atoms with Crippen molar-refractivity contribution in [3.8, 4) is 11.8 Å². The molecule has 0 saturated carbocycles. The van der Waals surface area contributed by atoms with Gasteiger partial charge in [-0.1, -0.05) is 0 Å². The van der Waals surface area contributed by atoms with Gasteiger partial charge in [-0.2, -0.15) is 5.26 Å². The first kappa shape index (κ1) is 14.4. The fourth-order valence-corrected chi connectivity index (χ4v) is 1.36. The largest absolute Gasteiger partial charge is 0.473 e. The number of nitrogens with zero attached hydrogens (tertiary/aromatic N) is 1. The van der Waals surface area contributed by atoms with Gasteiger partial charge in [0.05, 0.1) is 6.61 Å². The van der Waals surface area contributed by atoms with Crippen LogP contribution in [0.25, 0.3) is 0 Å². The van der Waals surface area contributed by atoms with E-state index in [0.29, 0.717) is 25.3 Å². The molecule has 0 amide bonds. The second-order valence-electron chi connectivity index (χ2n) is 3.50. The molecule has 0 fully saturated rings. The lowest BCUT2D eigenvalue weighted by atomic mass is 10.2. The van der Waals surface area contributed by atoms with Crippen molar-refractivity contribution in [1.29, 1.82) is 5.26 Å². The highest BCUT2D eigenvalue weighted by molar-refractivity contribution is 5.31. The summed E-state index contributed by atoms with van der Waals surface area (Å²) in [6.45, 7) is 1.05. The highest BCUT2D eigenvalue weighted by Gasteiger charge is 2.12. The maximum Gasteiger partial charge on any atom is 0.192 e. The summed E-state index contributed by atoms with van der Waals surface area (Å²) >= 11 is 0. The standard InChI is InChI=1S/C12H14F2N2O2/c1-17-5-3-16-8-9-6-10(13)12(11(14)7-9)18-4-2-15/h6-7,16H,3-5,8H2,1H3. The number of nitriles is 1. The van der Waals surface area contributed by atoms with Gasteiger partial charge >= 0.3 is 0 Å². The number of methoxy groups -OCH3 is 1. The van der Waals surface area contributed by atoms with E-state index < -0.39 is 17.4 Å². The summed E-state index contributed by atoms with van der Waals surface area (Å²) in [6.07, 6.45) is 0. The van der Waals surface area contributed by atoms with E-state index in [4.69, 9.17) is 10.00 Å². The number of ether oxygens (including phenoxy) is 2. The minimum Gasteiger partial charge on any atom is -0.473 e. The van der Waals surface area contributed by atoms with Gasteiger partial charge in [0.2, 0.25) is 0 Å². The molecule has 0 radical (unpaired) electrons. The molecular weight excluding hydrogens is 242 g/mol. The first-order valence-electron chi connectivity index (χ1n) is 5.36. The molecule has 0 aliphatic rings. The van der Waals surface area contributed by atoms with E-state index in [0.717, 1.165) is 0 Å². The lowest BCUT2D eigenvalue weighted by Gasteiger charge is -2.08. The molecule has 98 valence electrons. The lowest BCUT2D eigenvalue weighted by molar-refractivity contribution is 0.199. The highest BCUT2D eigenvalue weighted by Crippen LogP contribution is 2.23. The van der Waals surface area contributed by atoms with Gasteiger partial charge in [-0.15, -0.1) is 0 Å². The molecule has 0 aliphatic heterocycles. The minimum absolute atomic E-state index is 0.329. The maximum absolute atomic E-state index is 13.5. The monoisotopic (exact) mass is 256 g/mol. The smallest absolute Gasteiger partial charge is 0.192 e. The van der Waals surface area contributed by atoms with E-state index in [1.54, 1.807) is 13.2 Å². The number of nitrogens with one attached hydrogen (secondary N) is 1. The Balaban J connectivity index is 2.64. The molecule has 0 aromatic heterocycles. The van der Waals surface area contributed by atoms with E-state index in [9.17, 15) is 8.78 Å². The molecule has 0 unspecified atom stereocenters. The van der Waals surface area contributed by atoms with Crippen molar-refractivity contribution < 1.29 is 18.3 Å². The van der Waals surface area contributed by atoms with Crippen molar-refractivity contribution in [3.05, 3.63) is 29.3 Å². The van der Waals surface area contributed by atoms with E-state index in [2.05, 4.69) is 10.1 Å². The van der Waals surface area contributed by atoms with Crippen LogP contribution in [0.4, 0.5) is 8.78 Å². The third-order valence-electron chi connectivity index (χ3n) is 2.15. The summed E-state index contributed by atoms with van der Waals surface area (Å²) in [6, 6.07) is 4.00. The first-order chi connectivity index (χ1) is 8.69. The average Bonchev–Trinajstić information content (AvgIpc) is 2.34. The zero-order chi connectivity index (χ0) is 13.4. The van der Waals surface area contributed by atoms with Gasteiger partial charge in [-0.05, 0) is 17.7 Å². The second kappa shape index (κ2) is 7.58. The van der Waals surface area contributed by atoms with Crippen LogP contribution < -0.4 is 10.1 Å². The van der Waals surface area contributed by atoms with Crippen molar-refractivity contribution in [1.82, 2.24) is 5.32 Å². The third kappa shape index (κ3) is 4.28.